The van der Waals surface area contributed by atoms with Gasteiger partial charge in [-0.3, -0.25) is 10.1 Å². The Morgan fingerprint density at radius 2 is 1.79 bits per heavy atom. The molecule has 0 aliphatic carbocycles. The average molecular weight is 409 g/mol. The zero-order chi connectivity index (χ0) is 19.9. The highest BCUT2D eigenvalue weighted by molar-refractivity contribution is 7.14. The Hall–Kier alpha value is -2.29. The van der Waals surface area contributed by atoms with Crippen LogP contribution < -0.4 is 10.6 Å². The highest BCUT2D eigenvalue weighted by atomic mass is 32.1. The number of carbonyl (C=O) groups is 3. The molecule has 8 nitrogen and oxygen atoms in total. The van der Waals surface area contributed by atoms with Crippen molar-refractivity contribution < 1.29 is 19.1 Å². The van der Waals surface area contributed by atoms with E-state index in [1.54, 1.807) is 16.7 Å². The molecule has 2 fully saturated rings. The lowest BCUT2D eigenvalue weighted by Gasteiger charge is -2.34. The van der Waals surface area contributed by atoms with Gasteiger partial charge >= 0.3 is 12.1 Å². The van der Waals surface area contributed by atoms with Gasteiger partial charge in [0.25, 0.3) is 0 Å². The first-order chi connectivity index (χ1) is 13.6. The Bertz CT molecular complexity index is 665. The van der Waals surface area contributed by atoms with Crippen LogP contribution in [0.2, 0.25) is 0 Å². The Kier molecular flexibility index (Phi) is 7.13. The fourth-order valence-electron chi connectivity index (χ4n) is 3.62. The van der Waals surface area contributed by atoms with E-state index in [1.807, 2.05) is 17.5 Å². The number of urea groups is 1. The number of nitrogens with zero attached hydrogens (tertiary/aromatic N) is 2. The van der Waals surface area contributed by atoms with Gasteiger partial charge in [0.15, 0.2) is 0 Å². The van der Waals surface area contributed by atoms with Crippen LogP contribution in [0.25, 0.3) is 0 Å². The van der Waals surface area contributed by atoms with Gasteiger partial charge in [-0.15, -0.1) is 11.3 Å². The summed E-state index contributed by atoms with van der Waals surface area (Å²) >= 11 is 1.49. The van der Waals surface area contributed by atoms with Gasteiger partial charge in [0.05, 0.1) is 11.6 Å². The first-order valence-electron chi connectivity index (χ1n) is 9.88. The van der Waals surface area contributed by atoms with Crippen molar-refractivity contribution in [3.63, 3.8) is 0 Å². The molecule has 9 heteroatoms. The molecule has 0 unspecified atom stereocenters. The number of anilines is 1. The van der Waals surface area contributed by atoms with E-state index in [0.717, 1.165) is 17.8 Å². The molecule has 154 valence electrons. The number of piperidine rings is 2. The molecule has 4 amide bonds. The topological polar surface area (TPSA) is 91.0 Å². The highest BCUT2D eigenvalue weighted by Gasteiger charge is 2.30. The van der Waals surface area contributed by atoms with Gasteiger partial charge in [-0.25, -0.2) is 9.59 Å². The van der Waals surface area contributed by atoms with E-state index in [2.05, 4.69) is 10.6 Å². The number of carbonyl (C=O) groups excluding carboxylic acids is 3. The van der Waals surface area contributed by atoms with Crippen LogP contribution >= 0.6 is 11.3 Å². The Morgan fingerprint density at radius 1 is 1.11 bits per heavy atom. The molecule has 0 radical (unpaired) electrons. The molecule has 28 heavy (non-hydrogen) atoms. The third kappa shape index (κ3) is 5.37. The molecule has 3 heterocycles. The fourth-order valence-corrected chi connectivity index (χ4v) is 4.23. The molecule has 2 aliphatic heterocycles. The number of likely N-dealkylation sites (tertiary alicyclic amines) is 2. The van der Waals surface area contributed by atoms with Gasteiger partial charge < -0.3 is 19.9 Å². The van der Waals surface area contributed by atoms with Crippen molar-refractivity contribution in [1.82, 2.24) is 15.1 Å². The second-order valence-corrected chi connectivity index (χ2v) is 8.09. The number of ether oxygens (including phenoxy) is 1. The predicted octanol–water partition coefficient (Wildman–Crippen LogP) is 2.73. The number of hydrogen-bond donors (Lipinski definition) is 2. The van der Waals surface area contributed by atoms with Crippen LogP contribution in [0.4, 0.5) is 14.6 Å². The molecule has 2 aliphatic rings. The van der Waals surface area contributed by atoms with Gasteiger partial charge in [-0.05, 0) is 50.1 Å². The SMILES string of the molecule is CCOC(=O)N1CCC(NC(=O)C2CCN(C(=O)Nc3cccs3)CC2)CC1. The largest absolute Gasteiger partial charge is 0.450 e. The maximum atomic E-state index is 12.6. The van der Waals surface area contributed by atoms with Crippen molar-refractivity contribution in [1.29, 1.82) is 0 Å². The molecular formula is C19H28N4O4S. The van der Waals surface area contributed by atoms with Gasteiger partial charge in [0.1, 0.15) is 0 Å². The maximum Gasteiger partial charge on any atom is 0.409 e. The fraction of sp³-hybridized carbons (Fsp3) is 0.632. The van der Waals surface area contributed by atoms with Crippen molar-refractivity contribution >= 4 is 34.4 Å². The van der Waals surface area contributed by atoms with E-state index in [-0.39, 0.29) is 30.0 Å². The summed E-state index contributed by atoms with van der Waals surface area (Å²) in [6, 6.07) is 3.76. The molecule has 0 aromatic carbocycles. The van der Waals surface area contributed by atoms with Crippen molar-refractivity contribution in [3.8, 4) is 0 Å². The van der Waals surface area contributed by atoms with Crippen LogP contribution in [0.15, 0.2) is 17.5 Å². The lowest BCUT2D eigenvalue weighted by atomic mass is 9.95. The zero-order valence-corrected chi connectivity index (χ0v) is 17.0. The molecule has 2 saturated heterocycles. The first-order valence-corrected chi connectivity index (χ1v) is 10.8. The van der Waals surface area contributed by atoms with Crippen LogP contribution in [0.5, 0.6) is 0 Å². The third-order valence-corrected chi connectivity index (χ3v) is 6.06. The molecule has 0 bridgehead atoms. The summed E-state index contributed by atoms with van der Waals surface area (Å²) in [7, 11) is 0. The smallest absolute Gasteiger partial charge is 0.409 e. The molecule has 0 saturated carbocycles. The van der Waals surface area contributed by atoms with Gasteiger partial charge in [0.2, 0.25) is 5.91 Å². The van der Waals surface area contributed by atoms with E-state index >= 15 is 0 Å². The van der Waals surface area contributed by atoms with E-state index in [1.165, 1.54) is 11.3 Å². The summed E-state index contributed by atoms with van der Waals surface area (Å²) in [6.45, 7) is 4.53. The van der Waals surface area contributed by atoms with Gasteiger partial charge in [0, 0.05) is 38.1 Å². The standard InChI is InChI=1S/C19H28N4O4S/c1-2-27-19(26)23-11-7-15(8-12-23)20-17(24)14-5-9-22(10-6-14)18(25)21-16-4-3-13-28-16/h3-4,13-15H,2,5-12H2,1H3,(H,20,24)(H,21,25). The quantitative estimate of drug-likeness (QED) is 0.801. The molecule has 2 N–H and O–H groups in total. The minimum Gasteiger partial charge on any atom is -0.450 e. The summed E-state index contributed by atoms with van der Waals surface area (Å²) in [6.07, 6.45) is 2.55. The maximum absolute atomic E-state index is 12.6. The van der Waals surface area contributed by atoms with Crippen molar-refractivity contribution in [2.45, 2.75) is 38.6 Å². The normalized spacial score (nSPS) is 18.6. The molecule has 0 spiro atoms. The van der Waals surface area contributed by atoms with E-state index < -0.39 is 0 Å². The minimum atomic E-state index is -0.277. The molecule has 1 aromatic rings. The second kappa shape index (κ2) is 9.77. The second-order valence-electron chi connectivity index (χ2n) is 7.14. The summed E-state index contributed by atoms with van der Waals surface area (Å²) in [5.74, 6) is 0.00164. The lowest BCUT2D eigenvalue weighted by Crippen LogP contribution is -2.50. The van der Waals surface area contributed by atoms with Crippen molar-refractivity contribution in [2.24, 2.45) is 5.92 Å². The predicted molar refractivity (Wildman–Crippen MR) is 107 cm³/mol. The van der Waals surface area contributed by atoms with Gasteiger partial charge in [-0.2, -0.15) is 0 Å². The molecule has 3 rings (SSSR count). The highest BCUT2D eigenvalue weighted by Crippen LogP contribution is 2.21. The number of rotatable bonds is 4. The lowest BCUT2D eigenvalue weighted by molar-refractivity contribution is -0.127. The van der Waals surface area contributed by atoms with Crippen LogP contribution in [-0.2, 0) is 9.53 Å². The minimum absolute atomic E-state index is 0.0612. The average Bonchev–Trinajstić information content (AvgIpc) is 3.22. The van der Waals surface area contributed by atoms with Crippen LogP contribution in [0, 0.1) is 5.92 Å². The van der Waals surface area contributed by atoms with Crippen LogP contribution in [-0.4, -0.2) is 66.7 Å². The Labute approximate surface area is 169 Å². The molecular weight excluding hydrogens is 380 g/mol. The van der Waals surface area contributed by atoms with E-state index in [4.69, 9.17) is 4.74 Å². The number of thiophene rings is 1. The van der Waals surface area contributed by atoms with Gasteiger partial charge in [-0.1, -0.05) is 0 Å². The van der Waals surface area contributed by atoms with E-state index in [9.17, 15) is 14.4 Å². The number of amides is 4. The Morgan fingerprint density at radius 3 is 2.39 bits per heavy atom. The van der Waals surface area contributed by atoms with Crippen LogP contribution in [0.1, 0.15) is 32.6 Å². The monoisotopic (exact) mass is 408 g/mol. The molecule has 1 aromatic heterocycles. The Balaban J connectivity index is 1.37. The number of hydrogen-bond acceptors (Lipinski definition) is 5. The summed E-state index contributed by atoms with van der Waals surface area (Å²) < 4.78 is 5.02. The van der Waals surface area contributed by atoms with Crippen LogP contribution in [0.3, 0.4) is 0 Å². The summed E-state index contributed by atoms with van der Waals surface area (Å²) in [5.41, 5.74) is 0. The number of nitrogens with one attached hydrogen (secondary N) is 2. The van der Waals surface area contributed by atoms with Crippen molar-refractivity contribution in [2.75, 3.05) is 38.1 Å². The van der Waals surface area contributed by atoms with E-state index in [0.29, 0.717) is 45.6 Å². The third-order valence-electron chi connectivity index (χ3n) is 5.27. The zero-order valence-electron chi connectivity index (χ0n) is 16.2. The molecule has 0 atom stereocenters. The van der Waals surface area contributed by atoms with Crippen molar-refractivity contribution in [3.05, 3.63) is 17.5 Å². The first kappa shape index (κ1) is 20.4. The summed E-state index contributed by atoms with van der Waals surface area (Å²) in [5, 5.41) is 8.76. The summed E-state index contributed by atoms with van der Waals surface area (Å²) in [4.78, 5) is 40.0.